The van der Waals surface area contributed by atoms with E-state index in [-0.39, 0.29) is 11.9 Å². The molecule has 0 unspecified atom stereocenters. The molecule has 0 saturated heterocycles. The van der Waals surface area contributed by atoms with E-state index >= 15 is 0 Å². The van der Waals surface area contributed by atoms with E-state index in [1.54, 1.807) is 11.9 Å². The van der Waals surface area contributed by atoms with Crippen molar-refractivity contribution >= 4 is 41.5 Å². The fraction of sp³-hybridized carbons (Fsp3) is 0.500. The summed E-state index contributed by atoms with van der Waals surface area (Å²) in [6, 6.07) is 9.95. The second-order valence-electron chi connectivity index (χ2n) is 3.87. The second-order valence-corrected chi connectivity index (χ2v) is 6.88. The van der Waals surface area contributed by atoms with E-state index < -0.39 is 5.51 Å². The van der Waals surface area contributed by atoms with Gasteiger partial charge in [0.1, 0.15) is 0 Å². The smallest absolute Gasteiger partial charge is 0.384 e. The zero-order chi connectivity index (χ0) is 15.4. The molecule has 0 aliphatic carbocycles. The number of alkyl halides is 3. The number of anilines is 1. The van der Waals surface area contributed by atoms with E-state index in [4.69, 9.17) is 0 Å². The molecule has 0 spiro atoms. The van der Waals surface area contributed by atoms with Crippen molar-refractivity contribution in [1.29, 1.82) is 0 Å². The van der Waals surface area contributed by atoms with Gasteiger partial charge in [-0.25, -0.2) is 4.13 Å². The van der Waals surface area contributed by atoms with Gasteiger partial charge >= 0.3 is 5.51 Å². The number of hydrogen-bond donors (Lipinski definition) is 3. The normalized spacial score (nSPS) is 11.6. The Labute approximate surface area is 136 Å². The highest BCUT2D eigenvalue weighted by Gasteiger charge is 2.28. The maximum Gasteiger partial charge on any atom is 0.456 e. The first-order chi connectivity index (χ1) is 10.1. The van der Waals surface area contributed by atoms with E-state index in [9.17, 15) is 13.2 Å². The average molecular weight is 357 g/mol. The lowest BCUT2D eigenvalue weighted by Crippen LogP contribution is -2.16. The van der Waals surface area contributed by atoms with E-state index in [2.05, 4.69) is 14.2 Å². The topological polar surface area (TPSA) is 36.1 Å². The van der Waals surface area contributed by atoms with E-state index in [1.165, 1.54) is 0 Å². The molecular weight excluding hydrogens is 339 g/mol. The minimum atomic E-state index is -4.21. The molecule has 0 radical (unpaired) electrons. The van der Waals surface area contributed by atoms with Crippen LogP contribution in [0, 0.1) is 0 Å². The fourth-order valence-corrected chi connectivity index (χ4v) is 3.38. The Morgan fingerprint density at radius 1 is 0.952 bits per heavy atom. The number of rotatable bonds is 11. The highest BCUT2D eigenvalue weighted by atomic mass is 32.2. The van der Waals surface area contributed by atoms with Gasteiger partial charge in [0.05, 0.1) is 0 Å². The van der Waals surface area contributed by atoms with Crippen molar-refractivity contribution in [3.63, 3.8) is 0 Å². The zero-order valence-electron chi connectivity index (χ0n) is 11.3. The predicted molar refractivity (Wildman–Crippen MR) is 89.2 cm³/mol. The lowest BCUT2D eigenvalue weighted by Gasteiger charge is -2.07. The summed E-state index contributed by atoms with van der Waals surface area (Å²) in [7, 11) is 0. The molecule has 0 amide bonds. The summed E-state index contributed by atoms with van der Waals surface area (Å²) >= 11 is 2.47. The molecule has 1 aromatic rings. The molecule has 0 bridgehead atoms. The zero-order valence-corrected chi connectivity index (χ0v) is 13.7. The first kappa shape index (κ1) is 18.8. The first-order valence-electron chi connectivity index (χ1n) is 6.33. The number of benzene rings is 1. The fourth-order valence-electron chi connectivity index (χ4n) is 1.28. The third-order valence-electron chi connectivity index (χ3n) is 2.14. The van der Waals surface area contributed by atoms with E-state index in [0.717, 1.165) is 42.9 Å². The van der Waals surface area contributed by atoms with Crippen LogP contribution in [0.5, 0.6) is 0 Å². The number of halogens is 3. The molecule has 0 saturated carbocycles. The van der Waals surface area contributed by atoms with Gasteiger partial charge in [-0.2, -0.15) is 13.2 Å². The van der Waals surface area contributed by atoms with Gasteiger partial charge in [-0.05, 0) is 18.6 Å². The molecule has 1 rings (SSSR count). The quantitative estimate of drug-likeness (QED) is 0.408. The van der Waals surface area contributed by atoms with Crippen molar-refractivity contribution in [2.45, 2.75) is 11.9 Å². The lowest BCUT2D eigenvalue weighted by molar-refractivity contribution is -0.0331. The molecule has 3 N–H and O–H groups in total. The van der Waals surface area contributed by atoms with Gasteiger partial charge in [-0.3, -0.25) is 4.72 Å². The largest absolute Gasteiger partial charge is 0.456 e. The third-order valence-corrected chi connectivity index (χ3v) is 4.57. The van der Waals surface area contributed by atoms with Gasteiger partial charge in [0.15, 0.2) is 0 Å². The highest BCUT2D eigenvalue weighted by molar-refractivity contribution is 8.13. The van der Waals surface area contributed by atoms with Crippen LogP contribution in [-0.4, -0.2) is 30.1 Å². The molecule has 0 aliphatic heterocycles. The van der Waals surface area contributed by atoms with Crippen LogP contribution in [0.1, 0.15) is 6.42 Å². The monoisotopic (exact) mass is 357 g/mol. The Morgan fingerprint density at radius 3 is 2.38 bits per heavy atom. The molecule has 0 aliphatic rings. The molecule has 21 heavy (non-hydrogen) atoms. The molecule has 1 aromatic carbocycles. The molecule has 0 heterocycles. The summed E-state index contributed by atoms with van der Waals surface area (Å²) in [5, 5.41) is 3.28. The van der Waals surface area contributed by atoms with Gasteiger partial charge in [0.25, 0.3) is 0 Å². The average Bonchev–Trinajstić information content (AvgIpc) is 2.44. The SMILES string of the molecule is FC(F)(F)SNSCCCSNCCNc1ccccc1. The maximum absolute atomic E-state index is 11.8. The Balaban J connectivity index is 1.81. The van der Waals surface area contributed by atoms with Crippen molar-refractivity contribution in [2.75, 3.05) is 29.9 Å². The van der Waals surface area contributed by atoms with Crippen molar-refractivity contribution in [1.82, 2.24) is 8.85 Å². The summed E-state index contributed by atoms with van der Waals surface area (Å²) < 4.78 is 40.8. The molecule has 0 fully saturated rings. The van der Waals surface area contributed by atoms with Gasteiger partial charge < -0.3 is 5.32 Å². The van der Waals surface area contributed by atoms with Crippen LogP contribution >= 0.6 is 35.8 Å². The summed E-state index contributed by atoms with van der Waals surface area (Å²) in [4.78, 5) is 0. The van der Waals surface area contributed by atoms with Crippen LogP contribution in [0.2, 0.25) is 0 Å². The van der Waals surface area contributed by atoms with E-state index in [0.29, 0.717) is 5.75 Å². The van der Waals surface area contributed by atoms with Crippen molar-refractivity contribution in [3.05, 3.63) is 30.3 Å². The van der Waals surface area contributed by atoms with Gasteiger partial charge in [-0.15, -0.1) is 0 Å². The third kappa shape index (κ3) is 12.0. The van der Waals surface area contributed by atoms with Crippen molar-refractivity contribution in [2.24, 2.45) is 0 Å². The van der Waals surface area contributed by atoms with Gasteiger partial charge in [0.2, 0.25) is 0 Å². The predicted octanol–water partition coefficient (Wildman–Crippen LogP) is 4.13. The molecule has 0 atom stereocenters. The molecular formula is C12H18F3N3S3. The number of hydrogen-bond acceptors (Lipinski definition) is 6. The van der Waals surface area contributed by atoms with Crippen LogP contribution in [0.3, 0.4) is 0 Å². The Kier molecular flexibility index (Phi) is 10.2. The minimum absolute atomic E-state index is 0.211. The summed E-state index contributed by atoms with van der Waals surface area (Å²) in [5.41, 5.74) is -3.12. The molecule has 9 heteroatoms. The summed E-state index contributed by atoms with van der Waals surface area (Å²) in [6.07, 6.45) is 0.847. The summed E-state index contributed by atoms with van der Waals surface area (Å²) in [5.74, 6) is 1.52. The van der Waals surface area contributed by atoms with Crippen LogP contribution in [-0.2, 0) is 0 Å². The standard InChI is InChI=1S/C12H18F3N3S3/c13-12(14,15)21-18-20-10-4-9-19-17-8-7-16-11-5-2-1-3-6-11/h1-3,5-6,16-18H,4,7-10H2. The van der Waals surface area contributed by atoms with Gasteiger partial charge in [-0.1, -0.05) is 42.1 Å². The van der Waals surface area contributed by atoms with Crippen LogP contribution in [0.4, 0.5) is 18.9 Å². The second kappa shape index (κ2) is 11.4. The van der Waals surface area contributed by atoms with E-state index in [1.807, 2.05) is 30.3 Å². The number of para-hydroxylation sites is 1. The van der Waals surface area contributed by atoms with Crippen LogP contribution in [0.25, 0.3) is 0 Å². The molecule has 120 valence electrons. The maximum atomic E-state index is 11.8. The molecule has 0 aromatic heterocycles. The lowest BCUT2D eigenvalue weighted by atomic mass is 10.3. The molecule has 3 nitrogen and oxygen atoms in total. The minimum Gasteiger partial charge on any atom is -0.384 e. The first-order valence-corrected chi connectivity index (χ1v) is 9.12. The van der Waals surface area contributed by atoms with Crippen LogP contribution < -0.4 is 14.2 Å². The van der Waals surface area contributed by atoms with Crippen LogP contribution in [0.15, 0.2) is 30.3 Å². The van der Waals surface area contributed by atoms with Gasteiger partial charge in [0, 0.05) is 42.2 Å². The summed E-state index contributed by atoms with van der Waals surface area (Å²) in [6.45, 7) is 1.66. The van der Waals surface area contributed by atoms with Crippen molar-refractivity contribution in [3.8, 4) is 0 Å². The Morgan fingerprint density at radius 2 is 1.67 bits per heavy atom. The highest BCUT2D eigenvalue weighted by Crippen LogP contribution is 2.28. The Bertz CT molecular complexity index is 366. The Hall–Kier alpha value is -0.220. The number of nitrogens with one attached hydrogen (secondary N) is 3. The van der Waals surface area contributed by atoms with Crippen molar-refractivity contribution < 1.29 is 13.2 Å².